The fourth-order valence-corrected chi connectivity index (χ4v) is 2.57. The van der Waals surface area contributed by atoms with Crippen LogP contribution in [0.3, 0.4) is 0 Å². The number of hydrogen-bond acceptors (Lipinski definition) is 4. The number of nitrogens with zero attached hydrogens (tertiary/aromatic N) is 3. The lowest BCUT2D eigenvalue weighted by atomic mass is 10.1. The summed E-state index contributed by atoms with van der Waals surface area (Å²) in [5.74, 6) is 0.799. The zero-order valence-electron chi connectivity index (χ0n) is 11.3. The van der Waals surface area contributed by atoms with Crippen LogP contribution in [0.1, 0.15) is 55.4 Å². The van der Waals surface area contributed by atoms with Gasteiger partial charge in [-0.25, -0.2) is 0 Å². The van der Waals surface area contributed by atoms with E-state index in [4.69, 9.17) is 11.6 Å². The molecule has 0 bridgehead atoms. The van der Waals surface area contributed by atoms with Crippen LogP contribution in [0, 0.1) is 0 Å². The van der Waals surface area contributed by atoms with Crippen LogP contribution in [0.5, 0.6) is 0 Å². The van der Waals surface area contributed by atoms with Gasteiger partial charge in [0.1, 0.15) is 4.88 Å². The highest BCUT2D eigenvalue weighted by Gasteiger charge is 2.25. The van der Waals surface area contributed by atoms with E-state index in [-0.39, 0.29) is 17.9 Å². The molecule has 0 fully saturated rings. The molecular weight excluding hydrogens is 270 g/mol. The van der Waals surface area contributed by atoms with Gasteiger partial charge in [0.25, 0.3) is 5.91 Å². The van der Waals surface area contributed by atoms with E-state index >= 15 is 0 Å². The Balaban J connectivity index is 2.91. The second-order valence-electron chi connectivity index (χ2n) is 4.78. The Labute approximate surface area is 117 Å². The van der Waals surface area contributed by atoms with Gasteiger partial charge in [-0.3, -0.25) is 4.79 Å². The molecule has 1 aromatic heterocycles. The Morgan fingerprint density at radius 2 is 2.06 bits per heavy atom. The van der Waals surface area contributed by atoms with Crippen molar-refractivity contribution in [1.29, 1.82) is 0 Å². The van der Waals surface area contributed by atoms with E-state index in [1.165, 1.54) is 11.5 Å². The summed E-state index contributed by atoms with van der Waals surface area (Å²) in [6.07, 6.45) is 0.800. The van der Waals surface area contributed by atoms with Crippen LogP contribution in [0.2, 0.25) is 0 Å². The van der Waals surface area contributed by atoms with Gasteiger partial charge in [-0.2, -0.15) is 0 Å². The highest BCUT2D eigenvalue weighted by molar-refractivity contribution is 7.08. The minimum atomic E-state index is 0.0221. The zero-order chi connectivity index (χ0) is 13.7. The Kier molecular flexibility index (Phi) is 6.02. The molecule has 0 aromatic carbocycles. The van der Waals surface area contributed by atoms with Gasteiger partial charge in [0, 0.05) is 18.5 Å². The normalized spacial score (nSPS) is 11.3. The van der Waals surface area contributed by atoms with Gasteiger partial charge in [-0.05, 0) is 37.7 Å². The molecule has 0 atom stereocenters. The van der Waals surface area contributed by atoms with Crippen molar-refractivity contribution in [3.05, 3.63) is 10.6 Å². The van der Waals surface area contributed by atoms with Crippen LogP contribution in [0.25, 0.3) is 0 Å². The third kappa shape index (κ3) is 3.65. The first-order valence-corrected chi connectivity index (χ1v) is 7.49. The number of alkyl halides is 1. The van der Waals surface area contributed by atoms with Crippen molar-refractivity contribution in [3.63, 3.8) is 0 Å². The Bertz CT molecular complexity index is 392. The molecule has 18 heavy (non-hydrogen) atoms. The summed E-state index contributed by atoms with van der Waals surface area (Å²) in [5.41, 5.74) is 0.793. The van der Waals surface area contributed by atoms with Crippen LogP contribution in [0.4, 0.5) is 0 Å². The third-order valence-electron chi connectivity index (χ3n) is 2.67. The number of amides is 1. The summed E-state index contributed by atoms with van der Waals surface area (Å²) in [6.45, 7) is 8.73. The zero-order valence-corrected chi connectivity index (χ0v) is 12.9. The van der Waals surface area contributed by atoms with Crippen molar-refractivity contribution in [2.45, 2.75) is 46.1 Å². The summed E-state index contributed by atoms with van der Waals surface area (Å²) in [4.78, 5) is 15.0. The van der Waals surface area contributed by atoms with Crippen LogP contribution in [-0.2, 0) is 0 Å². The molecule has 1 aromatic rings. The summed E-state index contributed by atoms with van der Waals surface area (Å²) in [5, 5.41) is 4.05. The summed E-state index contributed by atoms with van der Waals surface area (Å²) in [7, 11) is 0. The van der Waals surface area contributed by atoms with Crippen molar-refractivity contribution in [3.8, 4) is 0 Å². The lowest BCUT2D eigenvalue weighted by Crippen LogP contribution is -2.38. The molecule has 0 aliphatic rings. The first-order chi connectivity index (χ1) is 8.49. The number of hydrogen-bond donors (Lipinski definition) is 0. The highest BCUT2D eigenvalue weighted by Crippen LogP contribution is 2.22. The molecule has 0 saturated heterocycles. The molecule has 1 amide bonds. The first kappa shape index (κ1) is 15.4. The molecule has 0 radical (unpaired) electrons. The Hall–Kier alpha value is -0.680. The molecule has 1 heterocycles. The predicted octanol–water partition coefficient (Wildman–Crippen LogP) is 3.14. The van der Waals surface area contributed by atoms with E-state index in [1.54, 1.807) is 0 Å². The minimum Gasteiger partial charge on any atom is -0.335 e. The number of aromatic nitrogens is 2. The molecule has 0 spiro atoms. The topological polar surface area (TPSA) is 46.1 Å². The van der Waals surface area contributed by atoms with Crippen molar-refractivity contribution < 1.29 is 4.79 Å². The van der Waals surface area contributed by atoms with Gasteiger partial charge in [0.05, 0.1) is 5.69 Å². The number of carbonyl (C=O) groups excluding carboxylic acids is 1. The quantitative estimate of drug-likeness (QED) is 0.756. The molecule has 0 unspecified atom stereocenters. The molecule has 6 heteroatoms. The number of carbonyl (C=O) groups is 1. The standard InChI is InChI=1S/C12H20ClN3OS/c1-8(2)10-11(18-15-14-10)12(17)16(9(3)4)7-5-6-13/h8-9H,5-7H2,1-4H3. The highest BCUT2D eigenvalue weighted by atomic mass is 35.5. The van der Waals surface area contributed by atoms with E-state index in [1.807, 2.05) is 32.6 Å². The predicted molar refractivity (Wildman–Crippen MR) is 75.5 cm³/mol. The minimum absolute atomic E-state index is 0.0221. The average Bonchev–Trinajstić information content (AvgIpc) is 2.77. The maximum Gasteiger partial charge on any atom is 0.267 e. The second kappa shape index (κ2) is 7.04. The monoisotopic (exact) mass is 289 g/mol. The second-order valence-corrected chi connectivity index (χ2v) is 5.91. The number of halogens is 1. The largest absolute Gasteiger partial charge is 0.335 e. The number of rotatable bonds is 6. The van der Waals surface area contributed by atoms with E-state index in [9.17, 15) is 4.79 Å². The van der Waals surface area contributed by atoms with Crippen molar-refractivity contribution in [1.82, 2.24) is 14.5 Å². The lowest BCUT2D eigenvalue weighted by molar-refractivity contribution is 0.0709. The van der Waals surface area contributed by atoms with Crippen LogP contribution in [-0.4, -0.2) is 38.9 Å². The first-order valence-electron chi connectivity index (χ1n) is 6.18. The van der Waals surface area contributed by atoms with Crippen LogP contribution >= 0.6 is 23.1 Å². The lowest BCUT2D eigenvalue weighted by Gasteiger charge is -2.26. The third-order valence-corrected chi connectivity index (χ3v) is 3.67. The fraction of sp³-hybridized carbons (Fsp3) is 0.750. The molecule has 0 aliphatic heterocycles. The fourth-order valence-electron chi connectivity index (χ4n) is 1.68. The molecular formula is C12H20ClN3OS. The maximum absolute atomic E-state index is 12.5. The van der Waals surface area contributed by atoms with E-state index < -0.39 is 0 Å². The van der Waals surface area contributed by atoms with E-state index in [2.05, 4.69) is 9.59 Å². The molecule has 102 valence electrons. The average molecular weight is 290 g/mol. The molecule has 0 N–H and O–H groups in total. The molecule has 1 rings (SSSR count). The van der Waals surface area contributed by atoms with Crippen LogP contribution < -0.4 is 0 Å². The van der Waals surface area contributed by atoms with Crippen molar-refractivity contribution in [2.24, 2.45) is 0 Å². The van der Waals surface area contributed by atoms with Gasteiger partial charge in [-0.15, -0.1) is 16.7 Å². The van der Waals surface area contributed by atoms with E-state index in [0.29, 0.717) is 17.3 Å². The smallest absolute Gasteiger partial charge is 0.267 e. The molecule has 0 aliphatic carbocycles. The van der Waals surface area contributed by atoms with Gasteiger partial charge >= 0.3 is 0 Å². The van der Waals surface area contributed by atoms with Crippen molar-refractivity contribution in [2.75, 3.05) is 12.4 Å². The maximum atomic E-state index is 12.5. The Morgan fingerprint density at radius 3 is 2.56 bits per heavy atom. The van der Waals surface area contributed by atoms with Gasteiger partial charge in [-0.1, -0.05) is 18.3 Å². The Morgan fingerprint density at radius 1 is 1.39 bits per heavy atom. The summed E-state index contributed by atoms with van der Waals surface area (Å²) >= 11 is 6.88. The van der Waals surface area contributed by atoms with Gasteiger partial charge in [0.15, 0.2) is 0 Å². The van der Waals surface area contributed by atoms with Crippen molar-refractivity contribution >= 4 is 29.0 Å². The van der Waals surface area contributed by atoms with Crippen LogP contribution in [0.15, 0.2) is 0 Å². The summed E-state index contributed by atoms with van der Waals surface area (Å²) in [6, 6.07) is 0.155. The molecule has 0 saturated carbocycles. The van der Waals surface area contributed by atoms with E-state index in [0.717, 1.165) is 12.1 Å². The SMILES string of the molecule is CC(C)c1nnsc1C(=O)N(CCCCl)C(C)C. The summed E-state index contributed by atoms with van der Waals surface area (Å²) < 4.78 is 3.90. The van der Waals surface area contributed by atoms with Gasteiger partial charge < -0.3 is 4.90 Å². The molecule has 4 nitrogen and oxygen atoms in total. The van der Waals surface area contributed by atoms with Gasteiger partial charge in [0.2, 0.25) is 0 Å².